The molecule has 1 aromatic rings. The van der Waals surface area contributed by atoms with Gasteiger partial charge in [-0.3, -0.25) is 9.59 Å². The van der Waals surface area contributed by atoms with Crippen LogP contribution in [0.15, 0.2) is 4.52 Å². The average molecular weight is 225 g/mol. The van der Waals surface area contributed by atoms with Gasteiger partial charge in [0.2, 0.25) is 11.8 Å². The van der Waals surface area contributed by atoms with Crippen molar-refractivity contribution in [3.63, 3.8) is 0 Å². The molecule has 1 saturated carbocycles. The van der Waals surface area contributed by atoms with Gasteiger partial charge in [0, 0.05) is 0 Å². The molecule has 7 nitrogen and oxygen atoms in total. The van der Waals surface area contributed by atoms with Crippen LogP contribution in [0.2, 0.25) is 0 Å². The number of nitrogens with one attached hydrogen (secondary N) is 1. The number of carbonyl (C=O) groups is 2. The summed E-state index contributed by atoms with van der Waals surface area (Å²) < 4.78 is 4.78. The van der Waals surface area contributed by atoms with E-state index in [2.05, 4.69) is 15.5 Å². The number of aryl methyl sites for hydroxylation is 1. The molecule has 86 valence electrons. The maximum absolute atomic E-state index is 11.6. The van der Waals surface area contributed by atoms with Crippen molar-refractivity contribution in [2.45, 2.75) is 26.3 Å². The predicted molar refractivity (Wildman–Crippen MR) is 50.2 cm³/mol. The van der Waals surface area contributed by atoms with E-state index in [0.29, 0.717) is 18.7 Å². The van der Waals surface area contributed by atoms with Gasteiger partial charge in [0.25, 0.3) is 0 Å². The van der Waals surface area contributed by atoms with Crippen molar-refractivity contribution in [2.75, 3.05) is 0 Å². The Balaban J connectivity index is 1.92. The third-order valence-electron chi connectivity index (χ3n) is 2.56. The fourth-order valence-corrected chi connectivity index (χ4v) is 1.40. The second-order valence-corrected chi connectivity index (χ2v) is 3.81. The minimum absolute atomic E-state index is 0.0642. The van der Waals surface area contributed by atoms with Crippen LogP contribution in [0.1, 0.15) is 24.6 Å². The lowest BCUT2D eigenvalue weighted by Crippen LogP contribution is -2.36. The Morgan fingerprint density at radius 2 is 2.25 bits per heavy atom. The summed E-state index contributed by atoms with van der Waals surface area (Å²) in [6.45, 7) is 1.73. The van der Waals surface area contributed by atoms with Crippen molar-refractivity contribution in [2.24, 2.45) is 5.41 Å². The van der Waals surface area contributed by atoms with E-state index in [1.807, 2.05) is 0 Å². The van der Waals surface area contributed by atoms with Crippen molar-refractivity contribution in [3.05, 3.63) is 11.7 Å². The van der Waals surface area contributed by atoms with E-state index in [-0.39, 0.29) is 12.4 Å². The van der Waals surface area contributed by atoms with Gasteiger partial charge in [-0.25, -0.2) is 0 Å². The Morgan fingerprint density at radius 3 is 2.69 bits per heavy atom. The first-order valence-electron chi connectivity index (χ1n) is 4.85. The number of aromatic nitrogens is 2. The van der Waals surface area contributed by atoms with Crippen LogP contribution in [0.25, 0.3) is 0 Å². The number of aliphatic carboxylic acids is 1. The van der Waals surface area contributed by atoms with Crippen LogP contribution in [0.4, 0.5) is 0 Å². The lowest BCUT2D eigenvalue weighted by atomic mass is 10.1. The Labute approximate surface area is 90.8 Å². The maximum atomic E-state index is 11.6. The monoisotopic (exact) mass is 225 g/mol. The van der Waals surface area contributed by atoms with Crippen molar-refractivity contribution in [1.29, 1.82) is 0 Å². The van der Waals surface area contributed by atoms with Gasteiger partial charge in [0.1, 0.15) is 5.41 Å². The summed E-state index contributed by atoms with van der Waals surface area (Å²) in [6, 6.07) is 0. The Kier molecular flexibility index (Phi) is 2.37. The summed E-state index contributed by atoms with van der Waals surface area (Å²) in [5, 5.41) is 14.9. The number of rotatable bonds is 4. The quantitative estimate of drug-likeness (QED) is 0.691. The standard InChI is InChI=1S/C9H11N3O4/c1-5-11-6(16-12-5)4-10-7(13)9(2-3-9)8(14)15/h2-4H2,1H3,(H,10,13)(H,14,15). The fraction of sp³-hybridized carbons (Fsp3) is 0.556. The molecule has 2 N–H and O–H groups in total. The highest BCUT2D eigenvalue weighted by Crippen LogP contribution is 2.46. The summed E-state index contributed by atoms with van der Waals surface area (Å²) in [5.41, 5.74) is -1.23. The number of carbonyl (C=O) groups excluding carboxylic acids is 1. The van der Waals surface area contributed by atoms with E-state index in [9.17, 15) is 9.59 Å². The predicted octanol–water partition coefficient (Wildman–Crippen LogP) is -0.141. The zero-order chi connectivity index (χ0) is 11.8. The number of amides is 1. The number of carboxylic acids is 1. The lowest BCUT2D eigenvalue weighted by molar-refractivity contribution is -0.149. The van der Waals surface area contributed by atoms with Crippen molar-refractivity contribution in [3.8, 4) is 0 Å². The summed E-state index contributed by atoms with van der Waals surface area (Å²) in [6.07, 6.45) is 0.772. The molecule has 0 bridgehead atoms. The topological polar surface area (TPSA) is 105 Å². The van der Waals surface area contributed by atoms with E-state index >= 15 is 0 Å². The van der Waals surface area contributed by atoms with Gasteiger partial charge in [-0.1, -0.05) is 5.16 Å². The number of hydrogen-bond acceptors (Lipinski definition) is 5. The van der Waals surface area contributed by atoms with Gasteiger partial charge in [-0.15, -0.1) is 0 Å². The second kappa shape index (κ2) is 3.58. The molecule has 1 fully saturated rings. The summed E-state index contributed by atoms with van der Waals surface area (Å²) in [4.78, 5) is 26.3. The van der Waals surface area contributed by atoms with Crippen LogP contribution in [0, 0.1) is 12.3 Å². The molecule has 0 aliphatic heterocycles. The van der Waals surface area contributed by atoms with Crippen LogP contribution < -0.4 is 5.32 Å². The molecule has 16 heavy (non-hydrogen) atoms. The molecule has 0 atom stereocenters. The fourth-order valence-electron chi connectivity index (χ4n) is 1.40. The molecule has 7 heteroatoms. The van der Waals surface area contributed by atoms with Crippen molar-refractivity contribution < 1.29 is 19.2 Å². The first-order valence-corrected chi connectivity index (χ1v) is 4.85. The molecule has 1 aliphatic carbocycles. The van der Waals surface area contributed by atoms with Gasteiger partial charge in [-0.2, -0.15) is 4.98 Å². The first-order chi connectivity index (χ1) is 7.54. The zero-order valence-electron chi connectivity index (χ0n) is 8.69. The summed E-state index contributed by atoms with van der Waals surface area (Å²) >= 11 is 0. The smallest absolute Gasteiger partial charge is 0.319 e. The normalized spacial score (nSPS) is 16.8. The van der Waals surface area contributed by atoms with Crippen LogP contribution in [-0.2, 0) is 16.1 Å². The van der Waals surface area contributed by atoms with E-state index in [1.54, 1.807) is 6.92 Å². The first kappa shape index (κ1) is 10.6. The highest BCUT2D eigenvalue weighted by Gasteiger charge is 2.57. The number of hydrogen-bond donors (Lipinski definition) is 2. The molecule has 1 aliphatic rings. The SMILES string of the molecule is Cc1noc(CNC(=O)C2(C(=O)O)CC2)n1. The van der Waals surface area contributed by atoms with Gasteiger partial charge in [-0.05, 0) is 19.8 Å². The molecular formula is C9H11N3O4. The van der Waals surface area contributed by atoms with Crippen LogP contribution in [-0.4, -0.2) is 27.1 Å². The van der Waals surface area contributed by atoms with Crippen LogP contribution in [0.5, 0.6) is 0 Å². The molecule has 1 heterocycles. The molecule has 1 amide bonds. The summed E-state index contributed by atoms with van der Waals surface area (Å²) in [5.74, 6) is -0.821. The molecule has 0 aromatic carbocycles. The Bertz CT molecular complexity index is 436. The third kappa shape index (κ3) is 1.75. The molecule has 0 radical (unpaired) electrons. The van der Waals surface area contributed by atoms with Gasteiger partial charge in [0.15, 0.2) is 5.82 Å². The van der Waals surface area contributed by atoms with Gasteiger partial charge in [0.05, 0.1) is 6.54 Å². The Morgan fingerprint density at radius 1 is 1.56 bits per heavy atom. The molecule has 2 rings (SSSR count). The molecule has 1 aromatic heterocycles. The number of carboxylic acid groups (broad SMARTS) is 1. The van der Waals surface area contributed by atoms with Crippen molar-refractivity contribution in [1.82, 2.24) is 15.5 Å². The lowest BCUT2D eigenvalue weighted by Gasteiger charge is -2.08. The van der Waals surface area contributed by atoms with E-state index < -0.39 is 17.3 Å². The van der Waals surface area contributed by atoms with Gasteiger partial charge < -0.3 is 14.9 Å². The van der Waals surface area contributed by atoms with Crippen molar-refractivity contribution >= 4 is 11.9 Å². The Hall–Kier alpha value is -1.92. The largest absolute Gasteiger partial charge is 0.480 e. The minimum atomic E-state index is -1.23. The highest BCUT2D eigenvalue weighted by atomic mass is 16.5. The van der Waals surface area contributed by atoms with Crippen LogP contribution in [0.3, 0.4) is 0 Å². The number of nitrogens with zero attached hydrogens (tertiary/aromatic N) is 2. The molecular weight excluding hydrogens is 214 g/mol. The minimum Gasteiger partial charge on any atom is -0.480 e. The van der Waals surface area contributed by atoms with Gasteiger partial charge >= 0.3 is 5.97 Å². The third-order valence-corrected chi connectivity index (χ3v) is 2.56. The average Bonchev–Trinajstić information content (AvgIpc) is 2.95. The second-order valence-electron chi connectivity index (χ2n) is 3.81. The van der Waals surface area contributed by atoms with Crippen LogP contribution >= 0.6 is 0 Å². The summed E-state index contributed by atoms with van der Waals surface area (Å²) in [7, 11) is 0. The van der Waals surface area contributed by atoms with E-state index in [1.165, 1.54) is 0 Å². The highest BCUT2D eigenvalue weighted by molar-refractivity contribution is 6.04. The van der Waals surface area contributed by atoms with E-state index in [0.717, 1.165) is 0 Å². The molecule has 0 unspecified atom stereocenters. The van der Waals surface area contributed by atoms with E-state index in [4.69, 9.17) is 9.63 Å². The maximum Gasteiger partial charge on any atom is 0.319 e. The molecule has 0 spiro atoms. The zero-order valence-corrected chi connectivity index (χ0v) is 8.69. The molecule has 0 saturated heterocycles.